The standard InChI is InChI=1S/C17H24N2O5S/c1-11-7-12(2)10-19(9-11)25(23,24)15-6-4-5-14(8-15)16(20)18-13(3)17(21)22/h4-6,8,11-13H,7,9-10H2,1-3H3,(H,18,20)(H,21,22)/t11?,12?,13-/m1/s1. The number of amides is 1. The predicted octanol–water partition coefficient (Wildman–Crippen LogP) is 1.56. The van der Waals surface area contributed by atoms with E-state index in [9.17, 15) is 18.0 Å². The lowest BCUT2D eigenvalue weighted by molar-refractivity contribution is -0.138. The van der Waals surface area contributed by atoms with Gasteiger partial charge >= 0.3 is 5.97 Å². The molecule has 1 aliphatic heterocycles. The van der Waals surface area contributed by atoms with Crippen LogP contribution in [0.2, 0.25) is 0 Å². The lowest BCUT2D eigenvalue weighted by Gasteiger charge is -2.34. The van der Waals surface area contributed by atoms with Crippen molar-refractivity contribution in [2.45, 2.75) is 38.1 Å². The summed E-state index contributed by atoms with van der Waals surface area (Å²) in [6, 6.07) is 4.64. The molecule has 1 aromatic carbocycles. The molecule has 0 bridgehead atoms. The van der Waals surface area contributed by atoms with E-state index in [0.717, 1.165) is 6.42 Å². The Morgan fingerprint density at radius 3 is 2.40 bits per heavy atom. The molecule has 7 nitrogen and oxygen atoms in total. The first-order valence-electron chi connectivity index (χ1n) is 8.25. The van der Waals surface area contributed by atoms with Crippen molar-refractivity contribution < 1.29 is 23.1 Å². The second-order valence-electron chi connectivity index (χ2n) is 6.83. The van der Waals surface area contributed by atoms with Gasteiger partial charge in [-0.25, -0.2) is 8.42 Å². The van der Waals surface area contributed by atoms with Crippen molar-refractivity contribution >= 4 is 21.9 Å². The number of hydrogen-bond acceptors (Lipinski definition) is 4. The molecule has 1 heterocycles. The monoisotopic (exact) mass is 368 g/mol. The zero-order chi connectivity index (χ0) is 18.8. The molecule has 0 saturated carbocycles. The van der Waals surface area contributed by atoms with Crippen molar-refractivity contribution in [3.63, 3.8) is 0 Å². The van der Waals surface area contributed by atoms with E-state index < -0.39 is 27.9 Å². The van der Waals surface area contributed by atoms with Gasteiger partial charge in [-0.15, -0.1) is 0 Å². The SMILES string of the molecule is CC1CC(C)CN(S(=O)(=O)c2cccc(C(=O)N[C@H](C)C(=O)O)c2)C1. The Kier molecular flexibility index (Phi) is 5.84. The van der Waals surface area contributed by atoms with Crippen LogP contribution in [0.3, 0.4) is 0 Å². The van der Waals surface area contributed by atoms with Gasteiger partial charge in [0.15, 0.2) is 0 Å². The van der Waals surface area contributed by atoms with Crippen molar-refractivity contribution in [1.29, 1.82) is 0 Å². The fraction of sp³-hybridized carbons (Fsp3) is 0.529. The van der Waals surface area contributed by atoms with Gasteiger partial charge in [-0.2, -0.15) is 4.31 Å². The summed E-state index contributed by atoms with van der Waals surface area (Å²) in [5, 5.41) is 11.2. The molecule has 1 fully saturated rings. The summed E-state index contributed by atoms with van der Waals surface area (Å²) in [6.45, 7) is 6.31. The third-order valence-electron chi connectivity index (χ3n) is 4.29. The van der Waals surface area contributed by atoms with Gasteiger partial charge < -0.3 is 10.4 Å². The maximum Gasteiger partial charge on any atom is 0.325 e. The lowest BCUT2D eigenvalue weighted by atomic mass is 9.94. The summed E-state index contributed by atoms with van der Waals surface area (Å²) in [6.07, 6.45) is 0.988. The Hall–Kier alpha value is -1.93. The molecule has 0 radical (unpaired) electrons. The molecule has 2 rings (SSSR count). The summed E-state index contributed by atoms with van der Waals surface area (Å²) in [7, 11) is -3.69. The van der Waals surface area contributed by atoms with Gasteiger partial charge in [0.1, 0.15) is 6.04 Å². The Labute approximate surface area is 148 Å². The van der Waals surface area contributed by atoms with Gasteiger partial charge in [-0.05, 0) is 43.4 Å². The second-order valence-corrected chi connectivity index (χ2v) is 8.77. The third kappa shape index (κ3) is 4.58. The number of benzene rings is 1. The number of nitrogens with one attached hydrogen (secondary N) is 1. The average Bonchev–Trinajstić information content (AvgIpc) is 2.53. The third-order valence-corrected chi connectivity index (χ3v) is 6.12. The number of carboxylic acid groups (broad SMARTS) is 1. The first-order valence-corrected chi connectivity index (χ1v) is 9.69. The molecule has 2 unspecified atom stereocenters. The molecule has 1 saturated heterocycles. The highest BCUT2D eigenvalue weighted by atomic mass is 32.2. The molecule has 0 aromatic heterocycles. The molecule has 8 heteroatoms. The van der Waals surface area contributed by atoms with Crippen molar-refractivity contribution in [3.05, 3.63) is 29.8 Å². The number of sulfonamides is 1. The molecule has 0 spiro atoms. The number of rotatable bonds is 5. The zero-order valence-corrected chi connectivity index (χ0v) is 15.4. The van der Waals surface area contributed by atoms with Gasteiger partial charge in [0.25, 0.3) is 5.91 Å². The van der Waals surface area contributed by atoms with E-state index in [-0.39, 0.29) is 22.3 Å². The first kappa shape index (κ1) is 19.4. The molecule has 25 heavy (non-hydrogen) atoms. The zero-order valence-electron chi connectivity index (χ0n) is 14.6. The van der Waals surface area contributed by atoms with Crippen LogP contribution in [0.4, 0.5) is 0 Å². The fourth-order valence-corrected chi connectivity index (χ4v) is 4.82. The largest absolute Gasteiger partial charge is 0.480 e. The molecular weight excluding hydrogens is 344 g/mol. The fourth-order valence-electron chi connectivity index (χ4n) is 3.09. The molecule has 1 aromatic rings. The first-order chi connectivity index (χ1) is 11.6. The highest BCUT2D eigenvalue weighted by molar-refractivity contribution is 7.89. The lowest BCUT2D eigenvalue weighted by Crippen LogP contribution is -2.42. The Bertz CT molecular complexity index is 752. The second kappa shape index (κ2) is 7.53. The van der Waals surface area contributed by atoms with Gasteiger partial charge in [0.2, 0.25) is 10.0 Å². The molecule has 3 atom stereocenters. The number of carbonyl (C=O) groups excluding carboxylic acids is 1. The number of aliphatic carboxylic acids is 1. The van der Waals surface area contributed by atoms with Crippen molar-refractivity contribution in [2.24, 2.45) is 11.8 Å². The maximum atomic E-state index is 12.9. The van der Waals surface area contributed by atoms with Crippen molar-refractivity contribution in [1.82, 2.24) is 9.62 Å². The van der Waals surface area contributed by atoms with Crippen LogP contribution in [0.1, 0.15) is 37.6 Å². The molecule has 1 aliphatic rings. The van der Waals surface area contributed by atoms with E-state index in [1.807, 2.05) is 13.8 Å². The van der Waals surface area contributed by atoms with E-state index in [0.29, 0.717) is 13.1 Å². The Morgan fingerprint density at radius 1 is 1.24 bits per heavy atom. The summed E-state index contributed by atoms with van der Waals surface area (Å²) < 4.78 is 27.2. The highest BCUT2D eigenvalue weighted by Crippen LogP contribution is 2.27. The van der Waals surface area contributed by atoms with Crippen LogP contribution in [0.25, 0.3) is 0 Å². The van der Waals surface area contributed by atoms with E-state index in [2.05, 4.69) is 5.32 Å². The van der Waals surface area contributed by atoms with Gasteiger partial charge in [-0.1, -0.05) is 19.9 Å². The van der Waals surface area contributed by atoms with Crippen LogP contribution in [0, 0.1) is 11.8 Å². The molecule has 138 valence electrons. The van der Waals surface area contributed by atoms with E-state index >= 15 is 0 Å². The normalized spacial score (nSPS) is 23.0. The molecule has 2 N–H and O–H groups in total. The summed E-state index contributed by atoms with van der Waals surface area (Å²) >= 11 is 0. The molecule has 0 aliphatic carbocycles. The summed E-state index contributed by atoms with van der Waals surface area (Å²) in [5.74, 6) is -1.22. The predicted molar refractivity (Wildman–Crippen MR) is 92.7 cm³/mol. The number of carbonyl (C=O) groups is 2. The van der Waals surface area contributed by atoms with Gasteiger partial charge in [0.05, 0.1) is 4.90 Å². The molecule has 1 amide bonds. The Balaban J connectivity index is 2.25. The minimum atomic E-state index is -3.69. The van der Waals surface area contributed by atoms with Crippen LogP contribution in [-0.2, 0) is 14.8 Å². The van der Waals surface area contributed by atoms with Crippen LogP contribution in [-0.4, -0.2) is 48.8 Å². The average molecular weight is 368 g/mol. The number of hydrogen-bond donors (Lipinski definition) is 2. The number of piperidine rings is 1. The van der Waals surface area contributed by atoms with E-state index in [4.69, 9.17) is 5.11 Å². The highest BCUT2D eigenvalue weighted by Gasteiger charge is 2.32. The van der Waals surface area contributed by atoms with Crippen LogP contribution >= 0.6 is 0 Å². The quantitative estimate of drug-likeness (QED) is 0.821. The number of nitrogens with zero attached hydrogens (tertiary/aromatic N) is 1. The van der Waals surface area contributed by atoms with Crippen LogP contribution < -0.4 is 5.32 Å². The Morgan fingerprint density at radius 2 is 1.84 bits per heavy atom. The van der Waals surface area contributed by atoms with Crippen LogP contribution in [0.15, 0.2) is 29.2 Å². The van der Waals surface area contributed by atoms with E-state index in [1.54, 1.807) is 0 Å². The van der Waals surface area contributed by atoms with Crippen molar-refractivity contribution in [2.75, 3.05) is 13.1 Å². The minimum Gasteiger partial charge on any atom is -0.480 e. The van der Waals surface area contributed by atoms with Gasteiger partial charge in [-0.3, -0.25) is 9.59 Å². The topological polar surface area (TPSA) is 104 Å². The maximum absolute atomic E-state index is 12.9. The smallest absolute Gasteiger partial charge is 0.325 e. The number of carboxylic acids is 1. The summed E-state index contributed by atoms with van der Waals surface area (Å²) in [4.78, 5) is 23.0. The minimum absolute atomic E-state index is 0.0458. The van der Waals surface area contributed by atoms with Crippen LogP contribution in [0.5, 0.6) is 0 Å². The van der Waals surface area contributed by atoms with Gasteiger partial charge in [0, 0.05) is 18.7 Å². The molecular formula is C17H24N2O5S. The van der Waals surface area contributed by atoms with Crippen molar-refractivity contribution in [3.8, 4) is 0 Å². The summed E-state index contributed by atoms with van der Waals surface area (Å²) in [5.41, 5.74) is 0.118. The van der Waals surface area contributed by atoms with E-state index in [1.165, 1.54) is 35.5 Å².